The van der Waals surface area contributed by atoms with Crippen LogP contribution in [0.5, 0.6) is 0 Å². The number of fused-ring (bicyclic) bond motifs is 3. The lowest BCUT2D eigenvalue weighted by molar-refractivity contribution is 0.0680. The van der Waals surface area contributed by atoms with Crippen LogP contribution in [-0.2, 0) is 0 Å². The molecule has 1 heterocycles. The number of aromatic nitrogens is 1. The third-order valence-electron chi connectivity index (χ3n) is 4.93. The standard InChI is InChI=1S/C22H13NO8/c24-19(25)10-1-3-17-15(8-10)16-9-11(20(26)27)2-4-18(16)23(17)14-6-12(21(28)29)5-13(7-14)22(30)31/h1-9H,(H,24,25)(H,26,27)(H,28,29)(H,30,31). The minimum atomic E-state index is -1.31. The largest absolute Gasteiger partial charge is 0.478 e. The van der Waals surface area contributed by atoms with Crippen LogP contribution in [-0.4, -0.2) is 48.9 Å². The molecule has 9 heteroatoms. The molecule has 0 saturated heterocycles. The second kappa shape index (κ2) is 6.99. The fourth-order valence-electron chi connectivity index (χ4n) is 3.55. The number of hydrogen-bond donors (Lipinski definition) is 4. The van der Waals surface area contributed by atoms with E-state index < -0.39 is 23.9 Å². The normalized spacial score (nSPS) is 11.0. The van der Waals surface area contributed by atoms with Crippen molar-refractivity contribution < 1.29 is 39.6 Å². The van der Waals surface area contributed by atoms with E-state index in [1.807, 2.05) is 0 Å². The molecule has 31 heavy (non-hydrogen) atoms. The lowest BCUT2D eigenvalue weighted by atomic mass is 10.1. The Morgan fingerprint density at radius 1 is 0.516 bits per heavy atom. The van der Waals surface area contributed by atoms with Gasteiger partial charge in [0, 0.05) is 16.5 Å². The number of aromatic carboxylic acids is 4. The molecule has 0 aliphatic heterocycles. The lowest BCUT2D eigenvalue weighted by Crippen LogP contribution is -2.06. The van der Waals surface area contributed by atoms with Gasteiger partial charge in [0.1, 0.15) is 0 Å². The van der Waals surface area contributed by atoms with Gasteiger partial charge in [0.25, 0.3) is 0 Å². The molecule has 0 amide bonds. The van der Waals surface area contributed by atoms with E-state index >= 15 is 0 Å². The maximum atomic E-state index is 11.5. The van der Waals surface area contributed by atoms with Crippen LogP contribution >= 0.6 is 0 Å². The van der Waals surface area contributed by atoms with Crippen molar-refractivity contribution in [3.05, 3.63) is 76.9 Å². The Kier molecular flexibility index (Phi) is 4.43. The van der Waals surface area contributed by atoms with Crippen LogP contribution < -0.4 is 0 Å². The zero-order chi connectivity index (χ0) is 22.4. The molecule has 4 aromatic rings. The first-order valence-corrected chi connectivity index (χ1v) is 8.84. The molecule has 0 unspecified atom stereocenters. The summed E-state index contributed by atoms with van der Waals surface area (Å²) in [6, 6.07) is 12.1. The van der Waals surface area contributed by atoms with E-state index in [4.69, 9.17) is 0 Å². The Bertz CT molecular complexity index is 1340. The highest BCUT2D eigenvalue weighted by atomic mass is 16.4. The van der Waals surface area contributed by atoms with Gasteiger partial charge >= 0.3 is 23.9 Å². The third kappa shape index (κ3) is 3.23. The second-order valence-corrected chi connectivity index (χ2v) is 6.79. The van der Waals surface area contributed by atoms with Crippen LogP contribution in [0.4, 0.5) is 0 Å². The Balaban J connectivity index is 2.15. The molecule has 4 N–H and O–H groups in total. The first kappa shape index (κ1) is 19.6. The van der Waals surface area contributed by atoms with E-state index in [2.05, 4.69) is 0 Å². The quantitative estimate of drug-likeness (QED) is 0.383. The van der Waals surface area contributed by atoms with Gasteiger partial charge in [-0.05, 0) is 54.6 Å². The molecule has 0 spiro atoms. The highest BCUT2D eigenvalue weighted by Crippen LogP contribution is 2.34. The van der Waals surface area contributed by atoms with Gasteiger partial charge < -0.3 is 25.0 Å². The average molecular weight is 419 g/mol. The van der Waals surface area contributed by atoms with Crippen LogP contribution in [0.15, 0.2) is 54.6 Å². The molecule has 0 radical (unpaired) electrons. The smallest absolute Gasteiger partial charge is 0.335 e. The maximum absolute atomic E-state index is 11.5. The number of carbonyl (C=O) groups is 4. The van der Waals surface area contributed by atoms with Crippen LogP contribution in [0.1, 0.15) is 41.4 Å². The molecule has 0 fully saturated rings. The van der Waals surface area contributed by atoms with Crippen molar-refractivity contribution in [3.63, 3.8) is 0 Å². The van der Waals surface area contributed by atoms with Crippen molar-refractivity contribution in [2.24, 2.45) is 0 Å². The Hall–Kier alpha value is -4.66. The van der Waals surface area contributed by atoms with Crippen molar-refractivity contribution in [2.75, 3.05) is 0 Å². The topological polar surface area (TPSA) is 154 Å². The van der Waals surface area contributed by atoms with E-state index in [-0.39, 0.29) is 27.9 Å². The summed E-state index contributed by atoms with van der Waals surface area (Å²) in [5.74, 6) is -4.96. The van der Waals surface area contributed by atoms with Gasteiger partial charge in [-0.15, -0.1) is 0 Å². The maximum Gasteiger partial charge on any atom is 0.335 e. The minimum absolute atomic E-state index is 0.0159. The summed E-state index contributed by atoms with van der Waals surface area (Å²) in [5.41, 5.74) is 0.630. The summed E-state index contributed by atoms with van der Waals surface area (Å²) in [4.78, 5) is 45.9. The number of nitrogens with zero attached hydrogens (tertiary/aromatic N) is 1. The Morgan fingerprint density at radius 2 is 0.903 bits per heavy atom. The summed E-state index contributed by atoms with van der Waals surface area (Å²) >= 11 is 0. The molecule has 154 valence electrons. The molecule has 4 rings (SSSR count). The van der Waals surface area contributed by atoms with E-state index in [9.17, 15) is 39.6 Å². The first-order chi connectivity index (χ1) is 14.7. The van der Waals surface area contributed by atoms with Gasteiger partial charge in [-0.2, -0.15) is 0 Å². The summed E-state index contributed by atoms with van der Waals surface area (Å²) < 4.78 is 1.57. The first-order valence-electron chi connectivity index (χ1n) is 8.84. The van der Waals surface area contributed by atoms with Crippen LogP contribution in [0, 0.1) is 0 Å². The lowest BCUT2D eigenvalue weighted by Gasteiger charge is -2.10. The fraction of sp³-hybridized carbons (Fsp3) is 0. The van der Waals surface area contributed by atoms with Gasteiger partial charge in [-0.25, -0.2) is 19.2 Å². The van der Waals surface area contributed by atoms with Crippen molar-refractivity contribution in [1.29, 1.82) is 0 Å². The molecular weight excluding hydrogens is 406 g/mol. The SMILES string of the molecule is O=C(O)c1cc(C(=O)O)cc(-n2c3ccc(C(=O)O)cc3c3cc(C(=O)O)ccc32)c1. The second-order valence-electron chi connectivity index (χ2n) is 6.79. The molecule has 0 saturated carbocycles. The summed E-state index contributed by atoms with van der Waals surface area (Å²) in [6.07, 6.45) is 0. The van der Waals surface area contributed by atoms with Crippen molar-refractivity contribution in [2.45, 2.75) is 0 Å². The monoisotopic (exact) mass is 419 g/mol. The molecule has 3 aromatic carbocycles. The van der Waals surface area contributed by atoms with Crippen molar-refractivity contribution in [3.8, 4) is 5.69 Å². The van der Waals surface area contributed by atoms with Crippen LogP contribution in [0.3, 0.4) is 0 Å². The van der Waals surface area contributed by atoms with E-state index in [0.717, 1.165) is 6.07 Å². The number of hydrogen-bond acceptors (Lipinski definition) is 4. The Labute approximate surface area is 173 Å². The van der Waals surface area contributed by atoms with E-state index in [0.29, 0.717) is 21.8 Å². The molecular formula is C22H13NO8. The summed E-state index contributed by atoms with van der Waals surface area (Å²) in [5, 5.41) is 38.3. The van der Waals surface area contributed by atoms with Crippen LogP contribution in [0.2, 0.25) is 0 Å². The summed E-state index contributed by atoms with van der Waals surface area (Å²) in [7, 11) is 0. The summed E-state index contributed by atoms with van der Waals surface area (Å²) in [6.45, 7) is 0. The molecule has 0 atom stereocenters. The van der Waals surface area contributed by atoms with Crippen molar-refractivity contribution in [1.82, 2.24) is 4.57 Å². The minimum Gasteiger partial charge on any atom is -0.478 e. The van der Waals surface area contributed by atoms with Crippen LogP contribution in [0.25, 0.3) is 27.5 Å². The van der Waals surface area contributed by atoms with E-state index in [1.165, 1.54) is 48.5 Å². The number of carboxylic acid groups (broad SMARTS) is 4. The molecule has 0 aliphatic carbocycles. The highest BCUT2D eigenvalue weighted by Gasteiger charge is 2.19. The Morgan fingerprint density at radius 3 is 1.26 bits per heavy atom. The predicted octanol–water partition coefficient (Wildman–Crippen LogP) is 3.58. The third-order valence-corrected chi connectivity index (χ3v) is 4.93. The van der Waals surface area contributed by atoms with Crippen molar-refractivity contribution >= 4 is 45.7 Å². The predicted molar refractivity (Wildman–Crippen MR) is 109 cm³/mol. The fourth-order valence-corrected chi connectivity index (χ4v) is 3.55. The zero-order valence-corrected chi connectivity index (χ0v) is 15.6. The average Bonchev–Trinajstić information content (AvgIpc) is 3.06. The van der Waals surface area contributed by atoms with Gasteiger partial charge in [-0.3, -0.25) is 0 Å². The molecule has 0 bridgehead atoms. The van der Waals surface area contributed by atoms with Gasteiger partial charge in [0.05, 0.1) is 33.3 Å². The molecule has 0 aliphatic rings. The van der Waals surface area contributed by atoms with Gasteiger partial charge in [0.2, 0.25) is 0 Å². The van der Waals surface area contributed by atoms with Gasteiger partial charge in [0.15, 0.2) is 0 Å². The molecule has 9 nitrogen and oxygen atoms in total. The molecule has 1 aromatic heterocycles. The number of carboxylic acids is 4. The van der Waals surface area contributed by atoms with Gasteiger partial charge in [-0.1, -0.05) is 0 Å². The highest BCUT2D eigenvalue weighted by molar-refractivity contribution is 6.13. The zero-order valence-electron chi connectivity index (χ0n) is 15.6. The number of rotatable bonds is 5. The number of benzene rings is 3. The van der Waals surface area contributed by atoms with E-state index in [1.54, 1.807) is 4.57 Å².